The summed E-state index contributed by atoms with van der Waals surface area (Å²) < 4.78 is 5.45. The lowest BCUT2D eigenvalue weighted by atomic mass is 10.0. The van der Waals surface area contributed by atoms with Crippen molar-refractivity contribution in [2.45, 2.75) is 13.0 Å². The maximum atomic E-state index is 12.1. The summed E-state index contributed by atoms with van der Waals surface area (Å²) in [7, 11) is 0. The lowest BCUT2D eigenvalue weighted by molar-refractivity contribution is -0.126. The number of para-hydroxylation sites is 1. The maximum absolute atomic E-state index is 12.1. The molecular weight excluding hydrogens is 354 g/mol. The fourth-order valence-electron chi connectivity index (χ4n) is 2.72. The normalized spacial score (nSPS) is 12.4. The molecule has 0 saturated heterocycles. The number of nitrogens with zero attached hydrogens (tertiary/aromatic N) is 1. The predicted octanol–water partition coefficient (Wildman–Crippen LogP) is 3.38. The molecule has 0 bridgehead atoms. The van der Waals surface area contributed by atoms with Crippen LogP contribution in [0.2, 0.25) is 0 Å². The largest absolute Gasteiger partial charge is 0.486 e. The zero-order valence-corrected chi connectivity index (χ0v) is 15.7. The van der Waals surface area contributed by atoms with Gasteiger partial charge in [-0.15, -0.1) is 0 Å². The number of rotatable bonds is 8. The minimum absolute atomic E-state index is 0.0825. The van der Waals surface area contributed by atoms with Gasteiger partial charge in [-0.1, -0.05) is 59.8 Å². The summed E-state index contributed by atoms with van der Waals surface area (Å²) in [5.74, 6) is 0.558. The molecule has 1 unspecified atom stereocenters. The predicted molar refractivity (Wildman–Crippen MR) is 110 cm³/mol. The third kappa shape index (κ3) is 5.48. The van der Waals surface area contributed by atoms with Gasteiger partial charge in [0, 0.05) is 0 Å². The van der Waals surface area contributed by atoms with Crippen molar-refractivity contribution in [2.24, 2.45) is 10.9 Å². The second-order valence-electron chi connectivity index (χ2n) is 6.35. The molecule has 0 aliphatic rings. The minimum atomic E-state index is -0.277. The van der Waals surface area contributed by atoms with Crippen molar-refractivity contribution in [1.29, 1.82) is 0 Å². The van der Waals surface area contributed by atoms with Gasteiger partial charge in [0.2, 0.25) is 0 Å². The Kier molecular flexibility index (Phi) is 6.46. The topological polar surface area (TPSA) is 85.9 Å². The van der Waals surface area contributed by atoms with Gasteiger partial charge in [0.1, 0.15) is 12.4 Å². The number of hydrogen-bond acceptors (Lipinski definition) is 4. The molecule has 0 aromatic heterocycles. The average molecular weight is 377 g/mol. The first kappa shape index (κ1) is 19.2. The van der Waals surface area contributed by atoms with Gasteiger partial charge < -0.3 is 20.6 Å². The summed E-state index contributed by atoms with van der Waals surface area (Å²) in [6, 6.07) is 23.3. The molecule has 0 radical (unpaired) electrons. The molecular formula is C22H23N3O3. The SMILES string of the molecule is CC(NC(=O)CO/N=C(\N)COc1ccccc1)c1ccc2ccccc2c1. The van der Waals surface area contributed by atoms with Crippen LogP contribution >= 0.6 is 0 Å². The number of amidine groups is 1. The number of carbonyl (C=O) groups excluding carboxylic acids is 1. The highest BCUT2D eigenvalue weighted by molar-refractivity contribution is 5.84. The summed E-state index contributed by atoms with van der Waals surface area (Å²) >= 11 is 0. The molecule has 0 spiro atoms. The molecule has 3 aromatic rings. The highest BCUT2D eigenvalue weighted by atomic mass is 16.6. The zero-order chi connectivity index (χ0) is 19.8. The maximum Gasteiger partial charge on any atom is 0.261 e. The molecule has 0 heterocycles. The standard InChI is InChI=1S/C22H23N3O3/c1-16(18-12-11-17-7-5-6-8-19(17)13-18)24-22(26)15-28-25-21(23)14-27-20-9-3-2-4-10-20/h2-13,16H,14-15H2,1H3,(H2,23,25)(H,24,26). The Morgan fingerprint density at radius 1 is 1.00 bits per heavy atom. The quantitative estimate of drug-likeness (QED) is 0.358. The lowest BCUT2D eigenvalue weighted by Gasteiger charge is -2.14. The van der Waals surface area contributed by atoms with Gasteiger partial charge in [-0.25, -0.2) is 0 Å². The van der Waals surface area contributed by atoms with Crippen LogP contribution in [-0.4, -0.2) is 25.0 Å². The van der Waals surface area contributed by atoms with Crippen molar-refractivity contribution in [3.8, 4) is 5.75 Å². The number of fused-ring (bicyclic) bond motifs is 1. The highest BCUT2D eigenvalue weighted by Gasteiger charge is 2.10. The zero-order valence-electron chi connectivity index (χ0n) is 15.7. The molecule has 0 aliphatic heterocycles. The fourth-order valence-corrected chi connectivity index (χ4v) is 2.72. The summed E-state index contributed by atoms with van der Waals surface area (Å²) in [6.07, 6.45) is 0. The average Bonchev–Trinajstić information content (AvgIpc) is 2.72. The Bertz CT molecular complexity index is 957. The molecule has 3 N–H and O–H groups in total. The summed E-state index contributed by atoms with van der Waals surface area (Å²) in [4.78, 5) is 17.1. The first-order valence-corrected chi connectivity index (χ1v) is 9.02. The van der Waals surface area contributed by atoms with Crippen molar-refractivity contribution < 1.29 is 14.4 Å². The Balaban J connectivity index is 1.45. The van der Waals surface area contributed by atoms with E-state index in [-0.39, 0.29) is 31.0 Å². The Labute approximate surface area is 163 Å². The van der Waals surface area contributed by atoms with Gasteiger partial charge >= 0.3 is 0 Å². The molecule has 1 amide bonds. The lowest BCUT2D eigenvalue weighted by Crippen LogP contribution is -2.30. The number of ether oxygens (including phenoxy) is 1. The van der Waals surface area contributed by atoms with Gasteiger partial charge in [0.25, 0.3) is 5.91 Å². The van der Waals surface area contributed by atoms with E-state index in [4.69, 9.17) is 15.3 Å². The van der Waals surface area contributed by atoms with Gasteiger partial charge in [-0.05, 0) is 41.5 Å². The molecule has 1 atom stereocenters. The van der Waals surface area contributed by atoms with E-state index in [0.29, 0.717) is 5.75 Å². The van der Waals surface area contributed by atoms with Crippen molar-refractivity contribution in [2.75, 3.05) is 13.2 Å². The van der Waals surface area contributed by atoms with E-state index in [9.17, 15) is 4.79 Å². The number of amides is 1. The fraction of sp³-hybridized carbons (Fsp3) is 0.182. The van der Waals surface area contributed by atoms with Gasteiger partial charge in [-0.3, -0.25) is 4.79 Å². The second kappa shape index (κ2) is 9.41. The van der Waals surface area contributed by atoms with Crippen molar-refractivity contribution in [3.05, 3.63) is 78.4 Å². The van der Waals surface area contributed by atoms with Crippen LogP contribution in [0.4, 0.5) is 0 Å². The molecule has 6 nitrogen and oxygen atoms in total. The van der Waals surface area contributed by atoms with Crippen LogP contribution in [0.5, 0.6) is 5.75 Å². The van der Waals surface area contributed by atoms with Crippen LogP contribution in [-0.2, 0) is 9.63 Å². The van der Waals surface area contributed by atoms with Gasteiger partial charge in [0.05, 0.1) is 6.04 Å². The van der Waals surface area contributed by atoms with Crippen molar-refractivity contribution in [3.63, 3.8) is 0 Å². The van der Waals surface area contributed by atoms with Crippen LogP contribution in [0, 0.1) is 0 Å². The molecule has 0 fully saturated rings. The number of carbonyl (C=O) groups is 1. The summed E-state index contributed by atoms with van der Waals surface area (Å²) in [5, 5.41) is 8.89. The van der Waals surface area contributed by atoms with E-state index in [1.807, 2.05) is 67.6 Å². The van der Waals surface area contributed by atoms with E-state index in [0.717, 1.165) is 16.3 Å². The Morgan fingerprint density at radius 2 is 1.71 bits per heavy atom. The van der Waals surface area contributed by atoms with Crippen LogP contribution < -0.4 is 15.8 Å². The van der Waals surface area contributed by atoms with Crippen molar-refractivity contribution >= 4 is 22.5 Å². The smallest absolute Gasteiger partial charge is 0.261 e. The molecule has 0 aliphatic carbocycles. The molecule has 28 heavy (non-hydrogen) atoms. The van der Waals surface area contributed by atoms with Gasteiger partial charge in [0.15, 0.2) is 12.4 Å². The van der Waals surface area contributed by atoms with E-state index in [2.05, 4.69) is 22.6 Å². The number of nitrogens with one attached hydrogen (secondary N) is 1. The molecule has 0 saturated carbocycles. The number of nitrogens with two attached hydrogens (primary N) is 1. The summed E-state index contributed by atoms with van der Waals surface area (Å²) in [5.41, 5.74) is 6.74. The Hall–Kier alpha value is -3.54. The minimum Gasteiger partial charge on any atom is -0.486 e. The van der Waals surface area contributed by atoms with Gasteiger partial charge in [-0.2, -0.15) is 0 Å². The monoisotopic (exact) mass is 377 g/mol. The number of benzene rings is 3. The van der Waals surface area contributed by atoms with Crippen LogP contribution in [0.1, 0.15) is 18.5 Å². The summed E-state index contributed by atoms with van der Waals surface area (Å²) in [6.45, 7) is 1.79. The van der Waals surface area contributed by atoms with Crippen LogP contribution in [0.3, 0.4) is 0 Å². The van der Waals surface area contributed by atoms with E-state index >= 15 is 0 Å². The molecule has 3 rings (SSSR count). The second-order valence-corrected chi connectivity index (χ2v) is 6.35. The van der Waals surface area contributed by atoms with Crippen LogP contribution in [0.15, 0.2) is 78.0 Å². The number of oxime groups is 1. The first-order chi connectivity index (χ1) is 13.6. The van der Waals surface area contributed by atoms with E-state index < -0.39 is 0 Å². The van der Waals surface area contributed by atoms with E-state index in [1.54, 1.807) is 0 Å². The third-order valence-electron chi connectivity index (χ3n) is 4.16. The molecule has 6 heteroatoms. The highest BCUT2D eigenvalue weighted by Crippen LogP contribution is 2.20. The first-order valence-electron chi connectivity index (χ1n) is 9.02. The number of hydrogen-bond donors (Lipinski definition) is 2. The van der Waals surface area contributed by atoms with Crippen LogP contribution in [0.25, 0.3) is 10.8 Å². The third-order valence-corrected chi connectivity index (χ3v) is 4.16. The Morgan fingerprint density at radius 3 is 2.50 bits per heavy atom. The molecule has 144 valence electrons. The van der Waals surface area contributed by atoms with Crippen molar-refractivity contribution in [1.82, 2.24) is 5.32 Å². The van der Waals surface area contributed by atoms with E-state index in [1.165, 1.54) is 0 Å². The molecule has 3 aromatic carbocycles.